The summed E-state index contributed by atoms with van der Waals surface area (Å²) in [6.45, 7) is -0.188. The maximum atomic E-state index is 13.1. The number of esters is 1. The highest BCUT2D eigenvalue weighted by atomic mass is 16.5. The number of aromatic hydroxyl groups is 1. The summed E-state index contributed by atoms with van der Waals surface area (Å²) in [6.07, 6.45) is -7.58. The Bertz CT molecular complexity index is 1260. The van der Waals surface area contributed by atoms with Crippen LogP contribution in [0.2, 0.25) is 0 Å². The molecule has 2 aromatic rings. The van der Waals surface area contributed by atoms with Crippen LogP contribution in [0.1, 0.15) is 37.4 Å². The minimum Gasteiger partial charge on any atom is -0.507 e. The topological polar surface area (TPSA) is 211 Å². The third-order valence-electron chi connectivity index (χ3n) is 5.84. The summed E-state index contributed by atoms with van der Waals surface area (Å²) in [7, 11) is 1.23. The molecule has 0 saturated carbocycles. The van der Waals surface area contributed by atoms with Gasteiger partial charge in [0.1, 0.15) is 48.3 Å². The third kappa shape index (κ3) is 5.19. The number of hydrogen-bond donors (Lipinski definition) is 7. The van der Waals surface area contributed by atoms with Crippen molar-refractivity contribution in [3.8, 4) is 11.5 Å². The number of aryl methyl sites for hydroxylation is 1. The first kappa shape index (κ1) is 27.8. The number of carbonyl (C=O) groups is 3. The van der Waals surface area contributed by atoms with Gasteiger partial charge >= 0.3 is 5.97 Å². The van der Waals surface area contributed by atoms with Crippen LogP contribution in [-0.2, 0) is 9.53 Å². The molecule has 12 nitrogen and oxygen atoms in total. The van der Waals surface area contributed by atoms with E-state index in [2.05, 4.69) is 0 Å². The molecule has 0 unspecified atom stereocenters. The van der Waals surface area contributed by atoms with Gasteiger partial charge < -0.3 is 45.2 Å². The van der Waals surface area contributed by atoms with Crippen molar-refractivity contribution in [3.05, 3.63) is 58.1 Å². The molecule has 1 aliphatic rings. The van der Waals surface area contributed by atoms with Crippen LogP contribution in [0, 0.1) is 6.92 Å². The molecule has 0 aliphatic heterocycles. The first-order valence-corrected chi connectivity index (χ1v) is 11.0. The zero-order chi connectivity index (χ0) is 27.6. The number of aliphatic hydroxyl groups is 6. The molecular formula is C25H26O12. The zero-order valence-corrected chi connectivity index (χ0v) is 19.8. The molecule has 0 fully saturated rings. The molecule has 1 aliphatic carbocycles. The van der Waals surface area contributed by atoms with E-state index >= 15 is 0 Å². The highest BCUT2D eigenvalue weighted by molar-refractivity contribution is 6.62. The molecule has 0 heterocycles. The predicted molar refractivity (Wildman–Crippen MR) is 126 cm³/mol. The van der Waals surface area contributed by atoms with E-state index in [4.69, 9.17) is 14.6 Å². The lowest BCUT2D eigenvalue weighted by Gasteiger charge is -2.25. The Kier molecular flexibility index (Phi) is 8.31. The Hall–Kier alpha value is -3.81. The van der Waals surface area contributed by atoms with Crippen LogP contribution in [0.15, 0.2) is 30.3 Å². The fourth-order valence-electron chi connectivity index (χ4n) is 3.91. The number of rotatable bonds is 9. The average Bonchev–Trinajstić information content (AvgIpc) is 2.89. The highest BCUT2D eigenvalue weighted by Gasteiger charge is 2.39. The Labute approximate surface area is 210 Å². The molecule has 0 saturated heterocycles. The highest BCUT2D eigenvalue weighted by Crippen LogP contribution is 2.41. The van der Waals surface area contributed by atoms with Gasteiger partial charge in [0.2, 0.25) is 11.6 Å². The standard InChI is InChI=1S/C25H26O12/c1-10-6-12(25(35)37-9-15(29)22(32)21(31)14(28)8-26)18(16(7-10)36-2)19-20(30)11-4-3-5-13(27)17(11)23(33)24(19)34/h3-7,14-15,21-22,26-32H,8-9H2,1-2H3/t14-,15-,21-,22+/m1/s1. The van der Waals surface area contributed by atoms with Crippen LogP contribution < -0.4 is 4.74 Å². The molecule has 12 heteroatoms. The summed E-state index contributed by atoms with van der Waals surface area (Å²) in [5.41, 5.74) is -1.27. The monoisotopic (exact) mass is 518 g/mol. The van der Waals surface area contributed by atoms with E-state index in [9.17, 15) is 45.0 Å². The smallest absolute Gasteiger partial charge is 0.339 e. The number of ether oxygens (including phenoxy) is 2. The second-order valence-electron chi connectivity index (χ2n) is 8.37. The van der Waals surface area contributed by atoms with Crippen LogP contribution >= 0.6 is 0 Å². The number of methoxy groups -OCH3 is 1. The Morgan fingerprint density at radius 1 is 0.946 bits per heavy atom. The van der Waals surface area contributed by atoms with Crippen LogP contribution in [-0.4, -0.2) is 98.0 Å². The number of Topliss-reactive ketones (excluding diaryl/α,β-unsaturated/α-hetero) is 2. The largest absolute Gasteiger partial charge is 0.507 e. The maximum absolute atomic E-state index is 13.1. The lowest BCUT2D eigenvalue weighted by atomic mass is 9.82. The first-order chi connectivity index (χ1) is 17.4. The number of benzene rings is 2. The van der Waals surface area contributed by atoms with E-state index in [1.54, 1.807) is 6.92 Å². The van der Waals surface area contributed by atoms with Gasteiger partial charge in [-0.25, -0.2) is 4.79 Å². The van der Waals surface area contributed by atoms with E-state index in [0.29, 0.717) is 5.56 Å². The molecule has 4 atom stereocenters. The molecule has 0 amide bonds. The van der Waals surface area contributed by atoms with Crippen LogP contribution in [0.4, 0.5) is 0 Å². The van der Waals surface area contributed by atoms with Gasteiger partial charge in [0.05, 0.1) is 30.4 Å². The van der Waals surface area contributed by atoms with E-state index < -0.39 is 77.8 Å². The number of ketones is 2. The molecule has 0 bridgehead atoms. The Balaban J connectivity index is 2.06. The van der Waals surface area contributed by atoms with Gasteiger partial charge in [-0.2, -0.15) is 0 Å². The second kappa shape index (κ2) is 11.1. The van der Waals surface area contributed by atoms with Crippen LogP contribution in [0.25, 0.3) is 11.3 Å². The zero-order valence-electron chi connectivity index (χ0n) is 19.8. The molecule has 2 aromatic carbocycles. The van der Waals surface area contributed by atoms with Crippen molar-refractivity contribution in [1.82, 2.24) is 0 Å². The molecule has 198 valence electrons. The van der Waals surface area contributed by atoms with Crippen molar-refractivity contribution in [1.29, 1.82) is 0 Å². The molecule has 7 N–H and O–H groups in total. The average molecular weight is 518 g/mol. The third-order valence-corrected chi connectivity index (χ3v) is 5.84. The van der Waals surface area contributed by atoms with Gasteiger partial charge in [0, 0.05) is 11.1 Å². The van der Waals surface area contributed by atoms with Gasteiger partial charge in [0.25, 0.3) is 0 Å². The minimum absolute atomic E-state index is 0.0691. The van der Waals surface area contributed by atoms with Gasteiger partial charge in [-0.15, -0.1) is 0 Å². The molecular weight excluding hydrogens is 492 g/mol. The second-order valence-corrected chi connectivity index (χ2v) is 8.37. The number of phenolic OH excluding ortho intramolecular Hbond substituents is 1. The van der Waals surface area contributed by atoms with Gasteiger partial charge in [-0.3, -0.25) is 9.59 Å². The normalized spacial score (nSPS) is 16.6. The van der Waals surface area contributed by atoms with Crippen LogP contribution in [0.3, 0.4) is 0 Å². The summed E-state index contributed by atoms with van der Waals surface area (Å²) in [4.78, 5) is 38.9. The maximum Gasteiger partial charge on any atom is 0.339 e. The van der Waals surface area contributed by atoms with Crippen molar-refractivity contribution < 1.29 is 59.6 Å². The molecule has 0 radical (unpaired) electrons. The summed E-state index contributed by atoms with van der Waals surface area (Å²) in [6, 6.07) is 6.54. The lowest BCUT2D eigenvalue weighted by Crippen LogP contribution is -2.47. The molecule has 0 aromatic heterocycles. The number of aliphatic hydroxyl groups excluding tert-OH is 6. The lowest BCUT2D eigenvalue weighted by molar-refractivity contribution is -0.124. The van der Waals surface area contributed by atoms with Crippen LogP contribution in [0.5, 0.6) is 11.5 Å². The van der Waals surface area contributed by atoms with E-state index in [1.165, 1.54) is 37.4 Å². The number of carbonyl (C=O) groups excluding carboxylic acids is 3. The fraction of sp³-hybridized carbons (Fsp3) is 0.320. The minimum atomic E-state index is -1.99. The van der Waals surface area contributed by atoms with Gasteiger partial charge in [-0.1, -0.05) is 12.1 Å². The molecule has 3 rings (SSSR count). The van der Waals surface area contributed by atoms with Crippen molar-refractivity contribution >= 4 is 28.9 Å². The number of hydrogen-bond acceptors (Lipinski definition) is 12. The summed E-state index contributed by atoms with van der Waals surface area (Å²) < 4.78 is 10.4. The molecule has 0 spiro atoms. The van der Waals surface area contributed by atoms with Crippen molar-refractivity contribution in [2.45, 2.75) is 31.3 Å². The van der Waals surface area contributed by atoms with Gasteiger partial charge in [-0.05, 0) is 30.7 Å². The Morgan fingerprint density at radius 3 is 2.22 bits per heavy atom. The fourth-order valence-corrected chi connectivity index (χ4v) is 3.91. The predicted octanol–water partition coefficient (Wildman–Crippen LogP) is -0.506. The summed E-state index contributed by atoms with van der Waals surface area (Å²) in [5, 5.41) is 69.1. The summed E-state index contributed by atoms with van der Waals surface area (Å²) >= 11 is 0. The summed E-state index contributed by atoms with van der Waals surface area (Å²) in [5.74, 6) is -4.78. The van der Waals surface area contributed by atoms with E-state index in [-0.39, 0.29) is 22.4 Å². The van der Waals surface area contributed by atoms with Crippen molar-refractivity contribution in [2.24, 2.45) is 0 Å². The first-order valence-electron chi connectivity index (χ1n) is 11.0. The molecule has 37 heavy (non-hydrogen) atoms. The van der Waals surface area contributed by atoms with Gasteiger partial charge in [0.15, 0.2) is 0 Å². The quantitative estimate of drug-likeness (QED) is 0.165. The van der Waals surface area contributed by atoms with E-state index in [0.717, 1.165) is 0 Å². The Morgan fingerprint density at radius 2 is 1.59 bits per heavy atom. The SMILES string of the molecule is COc1cc(C)cc(C(=O)OC[C@@H](O)[C@H](O)[C@H](O)[C@H](O)CO)c1C1=C(O)c2cccc(O)c2C(=O)C1=O. The van der Waals surface area contributed by atoms with E-state index in [1.807, 2.05) is 0 Å². The van der Waals surface area contributed by atoms with Crippen molar-refractivity contribution in [3.63, 3.8) is 0 Å². The number of allylic oxidation sites excluding steroid dienone is 1. The number of phenols is 1. The number of fused-ring (bicyclic) bond motifs is 1. The van der Waals surface area contributed by atoms with Crippen molar-refractivity contribution in [2.75, 3.05) is 20.3 Å².